The maximum absolute atomic E-state index is 3.42. The molecule has 2 nitrogen and oxygen atoms in total. The molecule has 1 aromatic rings. The zero-order valence-corrected chi connectivity index (χ0v) is 10.3. The van der Waals surface area contributed by atoms with Gasteiger partial charge in [-0.05, 0) is 62.5 Å². The van der Waals surface area contributed by atoms with Crippen molar-refractivity contribution >= 4 is 0 Å². The highest BCUT2D eigenvalue weighted by Gasteiger charge is 2.15. The second-order valence-corrected chi connectivity index (χ2v) is 4.74. The Morgan fingerprint density at radius 1 is 1.31 bits per heavy atom. The van der Waals surface area contributed by atoms with Crippen molar-refractivity contribution in [3.05, 3.63) is 34.9 Å². The summed E-state index contributed by atoms with van der Waals surface area (Å²) < 4.78 is 0. The molecule has 1 fully saturated rings. The molecule has 0 unspecified atom stereocenters. The van der Waals surface area contributed by atoms with Crippen LogP contribution in [0.4, 0.5) is 0 Å². The largest absolute Gasteiger partial charge is 0.317 e. The van der Waals surface area contributed by atoms with Crippen molar-refractivity contribution in [2.45, 2.75) is 32.2 Å². The number of piperidine rings is 1. The van der Waals surface area contributed by atoms with Crippen LogP contribution in [0.15, 0.2) is 18.2 Å². The molecule has 0 aromatic heterocycles. The van der Waals surface area contributed by atoms with Crippen LogP contribution >= 0.6 is 0 Å². The highest BCUT2D eigenvalue weighted by Crippen LogP contribution is 2.26. The molecule has 0 saturated carbocycles. The fourth-order valence-electron chi connectivity index (χ4n) is 2.52. The number of nitrogens with one attached hydrogen (secondary N) is 2. The van der Waals surface area contributed by atoms with E-state index in [2.05, 4.69) is 35.8 Å². The van der Waals surface area contributed by atoms with Crippen LogP contribution in [0, 0.1) is 6.92 Å². The summed E-state index contributed by atoms with van der Waals surface area (Å²) in [6.07, 6.45) is 2.57. The van der Waals surface area contributed by atoms with Crippen molar-refractivity contribution in [2.75, 3.05) is 20.1 Å². The van der Waals surface area contributed by atoms with Gasteiger partial charge in [-0.15, -0.1) is 0 Å². The van der Waals surface area contributed by atoms with Gasteiger partial charge in [-0.1, -0.05) is 18.2 Å². The predicted molar refractivity (Wildman–Crippen MR) is 68.8 cm³/mol. The minimum Gasteiger partial charge on any atom is -0.317 e. The van der Waals surface area contributed by atoms with E-state index in [0.717, 1.165) is 12.5 Å². The van der Waals surface area contributed by atoms with Crippen LogP contribution in [0.1, 0.15) is 35.4 Å². The summed E-state index contributed by atoms with van der Waals surface area (Å²) in [4.78, 5) is 0. The molecular formula is C14H22N2. The Morgan fingerprint density at radius 3 is 2.69 bits per heavy atom. The Bertz CT molecular complexity index is 341. The van der Waals surface area contributed by atoms with Crippen molar-refractivity contribution in [1.82, 2.24) is 10.6 Å². The van der Waals surface area contributed by atoms with E-state index in [1.807, 2.05) is 7.05 Å². The molecule has 0 aliphatic carbocycles. The van der Waals surface area contributed by atoms with Crippen LogP contribution in [-0.2, 0) is 6.54 Å². The minimum absolute atomic E-state index is 0.767. The van der Waals surface area contributed by atoms with Crippen LogP contribution in [0.3, 0.4) is 0 Å². The maximum Gasteiger partial charge on any atom is 0.0205 e. The number of aryl methyl sites for hydroxylation is 1. The van der Waals surface area contributed by atoms with Gasteiger partial charge in [0.15, 0.2) is 0 Å². The maximum atomic E-state index is 3.42. The van der Waals surface area contributed by atoms with Crippen LogP contribution in [-0.4, -0.2) is 20.1 Å². The highest BCUT2D eigenvalue weighted by atomic mass is 14.9. The minimum atomic E-state index is 0.767. The third-order valence-electron chi connectivity index (χ3n) is 3.54. The molecule has 16 heavy (non-hydrogen) atoms. The van der Waals surface area contributed by atoms with E-state index in [9.17, 15) is 0 Å². The highest BCUT2D eigenvalue weighted by molar-refractivity contribution is 5.33. The standard InChI is InChI=1S/C14H22N2/c1-11-9-13(3-4-14(11)10-15-2)12-5-7-16-8-6-12/h3-4,9,12,15-16H,5-8,10H2,1-2H3. The zero-order chi connectivity index (χ0) is 11.4. The average Bonchev–Trinajstić information content (AvgIpc) is 2.33. The Labute approximate surface area is 98.4 Å². The van der Waals surface area contributed by atoms with Crippen molar-refractivity contribution in [2.24, 2.45) is 0 Å². The number of rotatable bonds is 3. The lowest BCUT2D eigenvalue weighted by atomic mass is 9.88. The Hall–Kier alpha value is -0.860. The third-order valence-corrected chi connectivity index (χ3v) is 3.54. The molecule has 0 bridgehead atoms. The SMILES string of the molecule is CNCc1ccc(C2CCNCC2)cc1C. The normalized spacial score (nSPS) is 17.6. The van der Waals surface area contributed by atoms with Gasteiger partial charge < -0.3 is 10.6 Å². The molecule has 0 radical (unpaired) electrons. The van der Waals surface area contributed by atoms with E-state index in [-0.39, 0.29) is 0 Å². The van der Waals surface area contributed by atoms with Gasteiger partial charge in [0.1, 0.15) is 0 Å². The monoisotopic (exact) mass is 218 g/mol. The molecule has 2 heteroatoms. The fraction of sp³-hybridized carbons (Fsp3) is 0.571. The van der Waals surface area contributed by atoms with E-state index in [4.69, 9.17) is 0 Å². The van der Waals surface area contributed by atoms with Gasteiger partial charge in [0.05, 0.1) is 0 Å². The Balaban J connectivity index is 2.13. The van der Waals surface area contributed by atoms with Crippen LogP contribution in [0.5, 0.6) is 0 Å². The van der Waals surface area contributed by atoms with Crippen LogP contribution < -0.4 is 10.6 Å². The van der Waals surface area contributed by atoms with Gasteiger partial charge in [0.25, 0.3) is 0 Å². The quantitative estimate of drug-likeness (QED) is 0.812. The lowest BCUT2D eigenvalue weighted by molar-refractivity contribution is 0.460. The molecule has 1 heterocycles. The van der Waals surface area contributed by atoms with Gasteiger partial charge in [0, 0.05) is 6.54 Å². The van der Waals surface area contributed by atoms with Crippen LogP contribution in [0.2, 0.25) is 0 Å². The van der Waals surface area contributed by atoms with E-state index in [1.54, 1.807) is 0 Å². The number of hydrogen-bond acceptors (Lipinski definition) is 2. The molecule has 2 rings (SSSR count). The van der Waals surface area contributed by atoms with Gasteiger partial charge in [-0.3, -0.25) is 0 Å². The smallest absolute Gasteiger partial charge is 0.0205 e. The second-order valence-electron chi connectivity index (χ2n) is 4.74. The summed E-state index contributed by atoms with van der Waals surface area (Å²) in [5, 5.41) is 6.63. The van der Waals surface area contributed by atoms with E-state index in [1.165, 1.54) is 42.6 Å². The summed E-state index contributed by atoms with van der Waals surface area (Å²) >= 11 is 0. The summed E-state index contributed by atoms with van der Waals surface area (Å²) in [7, 11) is 2.00. The summed E-state index contributed by atoms with van der Waals surface area (Å²) in [5.41, 5.74) is 4.37. The molecule has 1 aliphatic heterocycles. The van der Waals surface area contributed by atoms with Gasteiger partial charge in [-0.2, -0.15) is 0 Å². The summed E-state index contributed by atoms with van der Waals surface area (Å²) in [5.74, 6) is 0.767. The molecular weight excluding hydrogens is 196 g/mol. The lowest BCUT2D eigenvalue weighted by Gasteiger charge is -2.23. The van der Waals surface area contributed by atoms with Crippen molar-refractivity contribution < 1.29 is 0 Å². The predicted octanol–water partition coefficient (Wildman–Crippen LogP) is 2.18. The average molecular weight is 218 g/mol. The van der Waals surface area contributed by atoms with Gasteiger partial charge in [0.2, 0.25) is 0 Å². The Morgan fingerprint density at radius 2 is 2.06 bits per heavy atom. The van der Waals surface area contributed by atoms with Crippen molar-refractivity contribution in [1.29, 1.82) is 0 Å². The Kier molecular flexibility index (Phi) is 3.97. The van der Waals surface area contributed by atoms with Gasteiger partial charge >= 0.3 is 0 Å². The first kappa shape index (κ1) is 11.6. The topological polar surface area (TPSA) is 24.1 Å². The molecule has 0 amide bonds. The third kappa shape index (κ3) is 2.63. The van der Waals surface area contributed by atoms with E-state index >= 15 is 0 Å². The zero-order valence-electron chi connectivity index (χ0n) is 10.3. The van der Waals surface area contributed by atoms with Crippen molar-refractivity contribution in [3.8, 4) is 0 Å². The first-order valence-electron chi connectivity index (χ1n) is 6.26. The van der Waals surface area contributed by atoms with Crippen LogP contribution in [0.25, 0.3) is 0 Å². The molecule has 0 spiro atoms. The fourth-order valence-corrected chi connectivity index (χ4v) is 2.52. The molecule has 1 aliphatic rings. The first-order valence-corrected chi connectivity index (χ1v) is 6.26. The second kappa shape index (κ2) is 5.46. The molecule has 0 atom stereocenters. The van der Waals surface area contributed by atoms with Crippen molar-refractivity contribution in [3.63, 3.8) is 0 Å². The van der Waals surface area contributed by atoms with E-state index in [0.29, 0.717) is 0 Å². The molecule has 2 N–H and O–H groups in total. The summed E-state index contributed by atoms with van der Waals surface area (Å²) in [6, 6.07) is 6.97. The van der Waals surface area contributed by atoms with Gasteiger partial charge in [-0.25, -0.2) is 0 Å². The lowest BCUT2D eigenvalue weighted by Crippen LogP contribution is -2.26. The molecule has 88 valence electrons. The van der Waals surface area contributed by atoms with E-state index < -0.39 is 0 Å². The first-order chi connectivity index (χ1) is 7.81. The number of hydrogen-bond donors (Lipinski definition) is 2. The number of benzene rings is 1. The molecule has 1 saturated heterocycles. The summed E-state index contributed by atoms with van der Waals surface area (Å²) in [6.45, 7) is 5.53. The molecule has 1 aromatic carbocycles.